The average molecular weight is 431 g/mol. The van der Waals surface area contributed by atoms with E-state index in [1.54, 1.807) is 0 Å². The van der Waals surface area contributed by atoms with Crippen molar-refractivity contribution in [3.05, 3.63) is 0 Å². The Bertz CT molecular complexity index is 498. The molecule has 0 rings (SSSR count). The summed E-state index contributed by atoms with van der Waals surface area (Å²) >= 11 is 0. The highest BCUT2D eigenvalue weighted by molar-refractivity contribution is 5.91. The molecule has 8 nitrogen and oxygen atoms in total. The number of aliphatic hydroxyl groups is 2. The number of aliphatic hydroxyl groups excluding tert-OH is 2. The number of carbonyl (C=O) groups excluding carboxylic acids is 2. The molecule has 4 unspecified atom stereocenters. The lowest BCUT2D eigenvalue weighted by Gasteiger charge is -2.26. The quantitative estimate of drug-likeness (QED) is 0.212. The second-order valence-corrected chi connectivity index (χ2v) is 8.04. The fourth-order valence-corrected chi connectivity index (χ4v) is 3.27. The van der Waals surface area contributed by atoms with Crippen molar-refractivity contribution < 1.29 is 29.7 Å². The third kappa shape index (κ3) is 12.8. The fraction of sp³-hybridized carbons (Fsp3) is 0.864. The Balaban J connectivity index is 4.48. The average Bonchev–Trinajstić information content (AvgIpc) is 2.68. The molecule has 0 saturated carbocycles. The van der Waals surface area contributed by atoms with Gasteiger partial charge in [0.1, 0.15) is 6.04 Å². The van der Waals surface area contributed by atoms with Crippen LogP contribution in [-0.4, -0.2) is 57.4 Å². The van der Waals surface area contributed by atoms with Gasteiger partial charge in [0.25, 0.3) is 0 Å². The Kier molecular flexibility index (Phi) is 16.1. The Morgan fingerprint density at radius 3 is 1.77 bits per heavy atom. The molecule has 0 fully saturated rings. The minimum atomic E-state index is -1.51. The van der Waals surface area contributed by atoms with Crippen LogP contribution in [0.25, 0.3) is 0 Å². The van der Waals surface area contributed by atoms with Crippen molar-refractivity contribution in [2.45, 2.75) is 122 Å². The van der Waals surface area contributed by atoms with Crippen LogP contribution in [-0.2, 0) is 14.4 Å². The van der Waals surface area contributed by atoms with E-state index in [1.165, 1.54) is 39.0 Å². The zero-order valence-corrected chi connectivity index (χ0v) is 18.9. The van der Waals surface area contributed by atoms with Crippen molar-refractivity contribution in [3.8, 4) is 0 Å². The highest BCUT2D eigenvalue weighted by Crippen LogP contribution is 2.11. The SMILES string of the molecule is CCCCCCCCCCCC(=O)NC(C(=O)NC(C(=O)O)C(C)O)C(O)CCC. The Morgan fingerprint density at radius 1 is 0.767 bits per heavy atom. The number of unbranched alkanes of at least 4 members (excludes halogenated alkanes) is 8. The van der Waals surface area contributed by atoms with Gasteiger partial charge in [0.05, 0.1) is 12.2 Å². The predicted molar refractivity (Wildman–Crippen MR) is 116 cm³/mol. The van der Waals surface area contributed by atoms with Gasteiger partial charge in [-0.2, -0.15) is 0 Å². The van der Waals surface area contributed by atoms with Crippen LogP contribution in [0, 0.1) is 0 Å². The largest absolute Gasteiger partial charge is 0.480 e. The van der Waals surface area contributed by atoms with Gasteiger partial charge in [-0.05, 0) is 19.8 Å². The molecule has 0 aromatic carbocycles. The molecule has 0 aliphatic heterocycles. The maximum atomic E-state index is 12.5. The van der Waals surface area contributed by atoms with Crippen molar-refractivity contribution in [3.63, 3.8) is 0 Å². The van der Waals surface area contributed by atoms with Crippen LogP contribution in [0.2, 0.25) is 0 Å². The summed E-state index contributed by atoms with van der Waals surface area (Å²) in [5.74, 6) is -2.55. The first-order chi connectivity index (χ1) is 14.2. The topological polar surface area (TPSA) is 136 Å². The van der Waals surface area contributed by atoms with Crippen molar-refractivity contribution in [1.29, 1.82) is 0 Å². The summed E-state index contributed by atoms with van der Waals surface area (Å²) in [6.07, 6.45) is 8.79. The van der Waals surface area contributed by atoms with E-state index in [0.717, 1.165) is 19.3 Å². The number of hydrogen-bond acceptors (Lipinski definition) is 5. The first kappa shape index (κ1) is 28.3. The van der Waals surface area contributed by atoms with Crippen molar-refractivity contribution >= 4 is 17.8 Å². The number of amides is 2. The Morgan fingerprint density at radius 2 is 1.30 bits per heavy atom. The molecule has 30 heavy (non-hydrogen) atoms. The molecule has 4 atom stereocenters. The third-order valence-electron chi connectivity index (χ3n) is 5.12. The maximum Gasteiger partial charge on any atom is 0.328 e. The fourth-order valence-electron chi connectivity index (χ4n) is 3.27. The van der Waals surface area contributed by atoms with Crippen LogP contribution in [0.3, 0.4) is 0 Å². The van der Waals surface area contributed by atoms with Crippen molar-refractivity contribution in [2.75, 3.05) is 0 Å². The number of nitrogens with one attached hydrogen (secondary N) is 2. The molecule has 0 aliphatic carbocycles. The van der Waals surface area contributed by atoms with Crippen molar-refractivity contribution in [1.82, 2.24) is 10.6 Å². The summed E-state index contributed by atoms with van der Waals surface area (Å²) in [5, 5.41) is 33.7. The molecule has 2 amide bonds. The predicted octanol–water partition coefficient (Wildman–Crippen LogP) is 2.50. The zero-order chi connectivity index (χ0) is 22.9. The van der Waals surface area contributed by atoms with E-state index in [1.807, 2.05) is 6.92 Å². The van der Waals surface area contributed by atoms with E-state index in [0.29, 0.717) is 12.8 Å². The van der Waals surface area contributed by atoms with Crippen LogP contribution in [0.1, 0.15) is 97.8 Å². The lowest BCUT2D eigenvalue weighted by Crippen LogP contribution is -2.58. The van der Waals surface area contributed by atoms with Gasteiger partial charge in [0.15, 0.2) is 6.04 Å². The molecule has 5 N–H and O–H groups in total. The molecular weight excluding hydrogens is 388 g/mol. The summed E-state index contributed by atoms with van der Waals surface area (Å²) in [5.41, 5.74) is 0. The van der Waals surface area contributed by atoms with E-state index < -0.39 is 36.2 Å². The number of carbonyl (C=O) groups is 3. The van der Waals surface area contributed by atoms with Crippen LogP contribution < -0.4 is 10.6 Å². The van der Waals surface area contributed by atoms with Gasteiger partial charge in [0, 0.05) is 6.42 Å². The van der Waals surface area contributed by atoms with Gasteiger partial charge in [-0.15, -0.1) is 0 Å². The molecular formula is C22H42N2O6. The molecule has 8 heteroatoms. The van der Waals surface area contributed by atoms with Crippen LogP contribution in [0.5, 0.6) is 0 Å². The Labute approximate surface area is 180 Å². The lowest BCUT2D eigenvalue weighted by molar-refractivity contribution is -0.145. The lowest BCUT2D eigenvalue weighted by atomic mass is 10.0. The summed E-state index contributed by atoms with van der Waals surface area (Å²) < 4.78 is 0. The number of carboxylic acids is 1. The number of hydrogen-bond donors (Lipinski definition) is 5. The second-order valence-electron chi connectivity index (χ2n) is 8.04. The van der Waals surface area contributed by atoms with Crippen LogP contribution >= 0.6 is 0 Å². The van der Waals surface area contributed by atoms with E-state index in [9.17, 15) is 24.6 Å². The standard InChI is InChI=1S/C22H42N2O6/c1-4-6-7-8-9-10-11-12-13-15-18(27)23-20(17(26)14-5-2)21(28)24-19(16(3)25)22(29)30/h16-17,19-20,25-26H,4-15H2,1-3H3,(H,23,27)(H,24,28)(H,29,30). The minimum absolute atomic E-state index is 0.247. The maximum absolute atomic E-state index is 12.5. The van der Waals surface area contributed by atoms with E-state index in [4.69, 9.17) is 5.11 Å². The molecule has 0 bridgehead atoms. The highest BCUT2D eigenvalue weighted by Gasteiger charge is 2.32. The first-order valence-electron chi connectivity index (χ1n) is 11.4. The second kappa shape index (κ2) is 17.1. The molecule has 0 radical (unpaired) electrons. The summed E-state index contributed by atoms with van der Waals surface area (Å²) in [7, 11) is 0. The zero-order valence-electron chi connectivity index (χ0n) is 18.9. The molecule has 0 saturated heterocycles. The van der Waals surface area contributed by atoms with Gasteiger partial charge < -0.3 is 26.0 Å². The number of rotatable bonds is 18. The highest BCUT2D eigenvalue weighted by atomic mass is 16.4. The molecule has 0 spiro atoms. The van der Waals surface area contributed by atoms with Gasteiger partial charge in [-0.1, -0.05) is 71.6 Å². The van der Waals surface area contributed by atoms with Crippen molar-refractivity contribution in [2.24, 2.45) is 0 Å². The smallest absolute Gasteiger partial charge is 0.328 e. The first-order valence-corrected chi connectivity index (χ1v) is 11.4. The van der Waals surface area contributed by atoms with E-state index >= 15 is 0 Å². The minimum Gasteiger partial charge on any atom is -0.480 e. The normalized spacial score (nSPS) is 15.1. The molecule has 0 aromatic heterocycles. The Hall–Kier alpha value is -1.67. The molecule has 0 aliphatic rings. The molecule has 0 heterocycles. The van der Waals surface area contributed by atoms with Crippen LogP contribution in [0.4, 0.5) is 0 Å². The molecule has 0 aromatic rings. The van der Waals surface area contributed by atoms with Gasteiger partial charge in [0.2, 0.25) is 11.8 Å². The summed E-state index contributed by atoms with van der Waals surface area (Å²) in [6, 6.07) is -2.76. The van der Waals surface area contributed by atoms with Gasteiger partial charge in [-0.25, -0.2) is 4.79 Å². The third-order valence-corrected chi connectivity index (χ3v) is 5.12. The molecule has 176 valence electrons. The number of carboxylic acid groups (broad SMARTS) is 1. The summed E-state index contributed by atoms with van der Waals surface area (Å²) in [4.78, 5) is 35.9. The van der Waals surface area contributed by atoms with Gasteiger partial charge >= 0.3 is 5.97 Å². The monoisotopic (exact) mass is 430 g/mol. The number of aliphatic carboxylic acids is 1. The van der Waals surface area contributed by atoms with Gasteiger partial charge in [-0.3, -0.25) is 9.59 Å². The summed E-state index contributed by atoms with van der Waals surface area (Å²) in [6.45, 7) is 5.27. The van der Waals surface area contributed by atoms with E-state index in [2.05, 4.69) is 17.6 Å². The van der Waals surface area contributed by atoms with Crippen LogP contribution in [0.15, 0.2) is 0 Å². The van der Waals surface area contributed by atoms with E-state index in [-0.39, 0.29) is 18.7 Å².